The molecule has 2 N–H and O–H groups in total. The van der Waals surface area contributed by atoms with Crippen molar-refractivity contribution >= 4 is 53.4 Å². The fraction of sp³-hybridized carbons (Fsp3) is 0.422. The molecule has 4 amide bonds. The molecule has 0 saturated carbocycles. The van der Waals surface area contributed by atoms with Crippen LogP contribution in [0.4, 0.5) is 5.69 Å². The monoisotopic (exact) mass is 854 g/mol. The highest BCUT2D eigenvalue weighted by atomic mass is 35.5. The lowest BCUT2D eigenvalue weighted by atomic mass is 10.00. The number of hydrogen-bond donors (Lipinski definition) is 2. The Bertz CT molecular complexity index is 2310. The number of ether oxygens (including phenoxy) is 2. The summed E-state index contributed by atoms with van der Waals surface area (Å²) in [4.78, 5) is 63.1. The molecule has 4 aromatic rings. The summed E-state index contributed by atoms with van der Waals surface area (Å²) < 4.78 is 24.6. The molecular weight excluding hydrogens is 803 g/mol. The predicted molar refractivity (Wildman–Crippen MR) is 231 cm³/mol. The SMILES string of the molecule is COc1cc(N2CCC(NC(=O)CCOCCCc3cccc4c3CN(C3CCC(=O)NC3=O)C4=O)CC2)ccc1Cc1ncc(Cl)c(Cc2ccccc2P(C)(C)=O)n1. The van der Waals surface area contributed by atoms with Crippen molar-refractivity contribution in [3.05, 3.63) is 111 Å². The molecule has 13 nitrogen and oxygen atoms in total. The number of anilines is 1. The number of nitrogens with one attached hydrogen (secondary N) is 2. The number of methoxy groups -OCH3 is 1. The number of aromatic nitrogens is 2. The number of carbonyl (C=O) groups excluding carboxylic acids is 4. The van der Waals surface area contributed by atoms with Gasteiger partial charge in [0, 0.05) is 92.3 Å². The van der Waals surface area contributed by atoms with Crippen molar-refractivity contribution in [1.82, 2.24) is 25.5 Å². The third-order valence-electron chi connectivity index (χ3n) is 11.5. The van der Waals surface area contributed by atoms with Crippen molar-refractivity contribution in [3.8, 4) is 5.75 Å². The molecule has 1 unspecified atom stereocenters. The Balaban J connectivity index is 0.832. The Morgan fingerprint density at radius 1 is 0.967 bits per heavy atom. The molecule has 0 aliphatic carbocycles. The van der Waals surface area contributed by atoms with Gasteiger partial charge in [0.05, 0.1) is 24.4 Å². The summed E-state index contributed by atoms with van der Waals surface area (Å²) in [5.41, 5.74) is 6.20. The van der Waals surface area contributed by atoms with E-state index in [4.69, 9.17) is 26.1 Å². The van der Waals surface area contributed by atoms with Gasteiger partial charge in [-0.1, -0.05) is 54.1 Å². The Kier molecular flexibility index (Phi) is 13.7. The van der Waals surface area contributed by atoms with E-state index in [1.807, 2.05) is 48.5 Å². The maximum absolute atomic E-state index is 13.1. The van der Waals surface area contributed by atoms with Crippen molar-refractivity contribution in [1.29, 1.82) is 0 Å². The Morgan fingerprint density at radius 2 is 1.75 bits per heavy atom. The number of imide groups is 1. The molecule has 3 aliphatic heterocycles. The van der Waals surface area contributed by atoms with E-state index in [0.717, 1.165) is 71.3 Å². The van der Waals surface area contributed by atoms with E-state index in [1.54, 1.807) is 37.6 Å². The number of halogens is 1. The van der Waals surface area contributed by atoms with Gasteiger partial charge in [0.25, 0.3) is 5.91 Å². The molecule has 2 saturated heterocycles. The standard InChI is InChI=1S/C45H52ClN6O7P/c1-58-39-26-33(14-13-30(39)25-41-47-27-36(46)37(49-41)24-31-8-4-5-12-40(31)60(2,3)57)51-20-17-32(18-21-51)48-43(54)19-23-59-22-7-10-29-9-6-11-34-35(29)28-52(45(34)56)38-15-16-42(53)50-44(38)55/h4-6,8-9,11-14,26-27,32,38H,7,10,15-25,28H2,1-3H3,(H,48,54)(H,50,53,55). The van der Waals surface area contributed by atoms with Crippen molar-refractivity contribution in [2.45, 2.75) is 76.4 Å². The van der Waals surface area contributed by atoms with Gasteiger partial charge in [0.1, 0.15) is 24.8 Å². The van der Waals surface area contributed by atoms with Crippen LogP contribution in [0.15, 0.2) is 66.9 Å². The third kappa shape index (κ3) is 10.3. The highest BCUT2D eigenvalue weighted by molar-refractivity contribution is 7.70. The first-order valence-corrected chi connectivity index (χ1v) is 23.5. The zero-order valence-corrected chi connectivity index (χ0v) is 36.0. The molecular formula is C45H52ClN6O7P. The van der Waals surface area contributed by atoms with Crippen molar-refractivity contribution in [2.24, 2.45) is 0 Å². The molecule has 7 rings (SSSR count). The summed E-state index contributed by atoms with van der Waals surface area (Å²) in [6.07, 6.45) is 6.44. The Morgan fingerprint density at radius 3 is 2.52 bits per heavy atom. The summed E-state index contributed by atoms with van der Waals surface area (Å²) in [6.45, 7) is 6.27. The number of amides is 4. The van der Waals surface area contributed by atoms with Crippen LogP contribution in [0.3, 0.4) is 0 Å². The maximum Gasteiger partial charge on any atom is 0.255 e. The van der Waals surface area contributed by atoms with Gasteiger partial charge >= 0.3 is 0 Å². The van der Waals surface area contributed by atoms with Crippen molar-refractivity contribution in [2.75, 3.05) is 51.6 Å². The van der Waals surface area contributed by atoms with E-state index in [9.17, 15) is 23.7 Å². The van der Waals surface area contributed by atoms with Crippen LogP contribution >= 0.6 is 18.7 Å². The van der Waals surface area contributed by atoms with Crippen LogP contribution in [0.1, 0.15) is 82.7 Å². The first kappa shape index (κ1) is 43.0. The van der Waals surface area contributed by atoms with Gasteiger partial charge in [0.15, 0.2) is 0 Å². The number of carbonyl (C=O) groups is 4. The van der Waals surface area contributed by atoms with E-state index in [-0.39, 0.29) is 36.6 Å². The topological polar surface area (TPSA) is 160 Å². The Labute approximate surface area is 356 Å². The highest BCUT2D eigenvalue weighted by Crippen LogP contribution is 2.37. The number of piperidine rings is 2. The molecule has 0 spiro atoms. The smallest absolute Gasteiger partial charge is 0.255 e. The Hall–Kier alpha value is -5.10. The molecule has 1 atom stereocenters. The fourth-order valence-corrected chi connectivity index (χ4v) is 9.81. The van der Waals surface area contributed by atoms with E-state index >= 15 is 0 Å². The fourth-order valence-electron chi connectivity index (χ4n) is 8.36. The van der Waals surface area contributed by atoms with E-state index in [1.165, 1.54) is 0 Å². The van der Waals surface area contributed by atoms with Gasteiger partial charge in [-0.05, 0) is 74.3 Å². The third-order valence-corrected chi connectivity index (χ3v) is 13.4. The minimum absolute atomic E-state index is 0.0279. The molecule has 0 bridgehead atoms. The van der Waals surface area contributed by atoms with Crippen molar-refractivity contribution in [3.63, 3.8) is 0 Å². The lowest BCUT2D eigenvalue weighted by molar-refractivity contribution is -0.137. The van der Waals surface area contributed by atoms with E-state index in [0.29, 0.717) is 67.5 Å². The second-order valence-electron chi connectivity index (χ2n) is 16.0. The van der Waals surface area contributed by atoms with Gasteiger partial charge in [-0.15, -0.1) is 0 Å². The van der Waals surface area contributed by atoms with E-state index < -0.39 is 19.1 Å². The zero-order chi connectivity index (χ0) is 42.4. The molecule has 3 aliphatic rings. The first-order valence-electron chi connectivity index (χ1n) is 20.6. The lowest BCUT2D eigenvalue weighted by Crippen LogP contribution is -2.52. The number of aryl methyl sites for hydroxylation is 1. The minimum Gasteiger partial charge on any atom is -0.496 e. The molecule has 316 valence electrons. The van der Waals surface area contributed by atoms with Gasteiger partial charge in [-0.3, -0.25) is 24.5 Å². The molecule has 3 aromatic carbocycles. The van der Waals surface area contributed by atoms with Crippen LogP contribution in [0.25, 0.3) is 0 Å². The molecule has 1 aromatic heterocycles. The summed E-state index contributed by atoms with van der Waals surface area (Å²) in [5.74, 6) is 0.432. The average molecular weight is 855 g/mol. The molecule has 4 heterocycles. The molecule has 2 fully saturated rings. The summed E-state index contributed by atoms with van der Waals surface area (Å²) >= 11 is 6.54. The van der Waals surface area contributed by atoms with Gasteiger partial charge in [0.2, 0.25) is 17.7 Å². The van der Waals surface area contributed by atoms with Gasteiger partial charge in [-0.25, -0.2) is 9.97 Å². The second kappa shape index (κ2) is 19.1. The van der Waals surface area contributed by atoms with Crippen LogP contribution in [-0.2, 0) is 49.5 Å². The van der Waals surface area contributed by atoms with Crippen LogP contribution in [-0.4, -0.2) is 97.3 Å². The normalized spacial score (nSPS) is 17.1. The zero-order valence-electron chi connectivity index (χ0n) is 34.4. The predicted octanol–water partition coefficient (Wildman–Crippen LogP) is 5.45. The molecule has 15 heteroatoms. The first-order chi connectivity index (χ1) is 28.9. The van der Waals surface area contributed by atoms with E-state index in [2.05, 4.69) is 26.6 Å². The minimum atomic E-state index is -2.49. The summed E-state index contributed by atoms with van der Waals surface area (Å²) in [6, 6.07) is 19.0. The van der Waals surface area contributed by atoms with Gasteiger partial charge in [-0.2, -0.15) is 0 Å². The summed E-state index contributed by atoms with van der Waals surface area (Å²) in [5, 5.41) is 6.82. The largest absolute Gasteiger partial charge is 0.496 e. The number of nitrogens with zero attached hydrogens (tertiary/aromatic N) is 4. The number of rotatable bonds is 16. The molecule has 0 radical (unpaired) electrons. The lowest BCUT2D eigenvalue weighted by Gasteiger charge is -2.34. The number of benzene rings is 3. The maximum atomic E-state index is 13.1. The number of hydrogen-bond acceptors (Lipinski definition) is 10. The van der Waals surface area contributed by atoms with Crippen LogP contribution in [0.2, 0.25) is 5.02 Å². The highest BCUT2D eigenvalue weighted by Gasteiger charge is 2.39. The average Bonchev–Trinajstić information content (AvgIpc) is 3.56. The quantitative estimate of drug-likeness (QED) is 0.0843. The van der Waals surface area contributed by atoms with Crippen LogP contribution in [0.5, 0.6) is 5.75 Å². The summed E-state index contributed by atoms with van der Waals surface area (Å²) in [7, 11) is -0.827. The van der Waals surface area contributed by atoms with Gasteiger partial charge < -0.3 is 29.2 Å². The molecule has 60 heavy (non-hydrogen) atoms. The second-order valence-corrected chi connectivity index (χ2v) is 19.6. The van der Waals surface area contributed by atoms with Crippen molar-refractivity contribution < 1.29 is 33.2 Å². The van der Waals surface area contributed by atoms with Crippen LogP contribution in [0, 0.1) is 0 Å². The number of fused-ring (bicyclic) bond motifs is 1. The van der Waals surface area contributed by atoms with Crippen LogP contribution < -0.4 is 25.6 Å².